The van der Waals surface area contributed by atoms with Crippen molar-refractivity contribution >= 4 is 18.0 Å². The van der Waals surface area contributed by atoms with E-state index in [0.717, 1.165) is 110 Å². The average Bonchev–Trinajstić information content (AvgIpc) is 3.16. The van der Waals surface area contributed by atoms with Crippen LogP contribution in [0.1, 0.15) is 194 Å². The lowest BCUT2D eigenvalue weighted by Crippen LogP contribution is -2.35. The van der Waals surface area contributed by atoms with Crippen LogP contribution < -0.4 is 5.32 Å². The number of amides is 1. The van der Waals surface area contributed by atoms with Crippen LogP contribution in [0.25, 0.3) is 0 Å². The van der Waals surface area contributed by atoms with Gasteiger partial charge in [0.25, 0.3) is 0 Å². The van der Waals surface area contributed by atoms with Gasteiger partial charge in [0.05, 0.1) is 19.1 Å². The molecule has 1 unspecified atom stereocenters. The number of unbranched alkanes of at least 4 members (excludes halogenated alkanes) is 18. The van der Waals surface area contributed by atoms with Crippen LogP contribution in [0, 0.1) is 5.92 Å². The first-order chi connectivity index (χ1) is 26.8. The summed E-state index contributed by atoms with van der Waals surface area (Å²) in [5, 5.41) is 2.81. The molecule has 0 aromatic rings. The lowest BCUT2D eigenvalue weighted by molar-refractivity contribution is -0.149. The van der Waals surface area contributed by atoms with E-state index >= 15 is 0 Å². The number of allylic oxidation sites excluding steroid dienone is 1. The second-order valence-corrected chi connectivity index (χ2v) is 15.9. The molecule has 324 valence electrons. The summed E-state index contributed by atoms with van der Waals surface area (Å²) < 4.78 is 16.7. The molecule has 0 aromatic heterocycles. The second-order valence-electron chi connectivity index (χ2n) is 15.9. The number of nitrogens with zero attached hydrogens (tertiary/aromatic N) is 2. The van der Waals surface area contributed by atoms with Crippen molar-refractivity contribution in [3.63, 3.8) is 0 Å². The number of hydrogen-bond acceptors (Lipinski definition) is 8. The molecule has 0 bridgehead atoms. The molecule has 0 saturated heterocycles. The zero-order chi connectivity index (χ0) is 40.5. The van der Waals surface area contributed by atoms with Gasteiger partial charge in [-0.15, -0.1) is 0 Å². The van der Waals surface area contributed by atoms with Crippen molar-refractivity contribution in [1.82, 2.24) is 15.1 Å². The van der Waals surface area contributed by atoms with Crippen molar-refractivity contribution < 1.29 is 28.6 Å². The molecule has 0 heterocycles. The quantitative estimate of drug-likeness (QED) is 0.0283. The van der Waals surface area contributed by atoms with Gasteiger partial charge in [-0.3, -0.25) is 14.5 Å². The van der Waals surface area contributed by atoms with Gasteiger partial charge in [0.1, 0.15) is 6.61 Å². The van der Waals surface area contributed by atoms with Gasteiger partial charge in [0.15, 0.2) is 0 Å². The maximum absolute atomic E-state index is 12.9. The normalized spacial score (nSPS) is 12.1. The Kier molecular flexibility index (Phi) is 39.9. The van der Waals surface area contributed by atoms with Crippen LogP contribution in [0.15, 0.2) is 12.2 Å². The molecule has 0 saturated carbocycles. The predicted octanol–water partition coefficient (Wildman–Crippen LogP) is 11.4. The van der Waals surface area contributed by atoms with Crippen LogP contribution in [-0.2, 0) is 23.8 Å². The molecular formula is C46H89N3O6. The van der Waals surface area contributed by atoms with E-state index in [1.165, 1.54) is 77.0 Å². The monoisotopic (exact) mass is 780 g/mol. The Hall–Kier alpha value is -2.13. The van der Waals surface area contributed by atoms with Crippen molar-refractivity contribution in [1.29, 1.82) is 0 Å². The standard InChI is InChI=1S/C46H89N3O6/c1-6-9-12-15-18-22-30-40-53-44(50)34-27-24-29-37-49(39-42-55-46(52)47-35-38-48(4)5)36-28-21-17-19-23-31-41-54-45(51)43(32-25-14-11-8-3)33-26-20-16-13-10-7-2/h18,22,43H,6-17,19-21,23-42H2,1-5H3,(H,47,52)/b22-18-. The van der Waals surface area contributed by atoms with Crippen molar-refractivity contribution in [3.8, 4) is 0 Å². The third-order valence-corrected chi connectivity index (χ3v) is 10.3. The molecule has 0 aliphatic heterocycles. The predicted molar refractivity (Wildman–Crippen MR) is 231 cm³/mol. The fourth-order valence-corrected chi connectivity index (χ4v) is 6.68. The topological polar surface area (TPSA) is 97.4 Å². The molecule has 0 aliphatic rings. The third-order valence-electron chi connectivity index (χ3n) is 10.3. The summed E-state index contributed by atoms with van der Waals surface area (Å²) in [5.74, 6) is 0.0119. The number of alkyl carbamates (subject to hydrolysis) is 1. The number of carbonyl (C=O) groups excluding carboxylic acids is 3. The zero-order valence-electron chi connectivity index (χ0n) is 36.8. The van der Waals surface area contributed by atoms with Gasteiger partial charge in [0, 0.05) is 26.1 Å². The van der Waals surface area contributed by atoms with Gasteiger partial charge >= 0.3 is 18.0 Å². The van der Waals surface area contributed by atoms with Crippen LogP contribution in [-0.4, -0.2) is 94.5 Å². The number of carbonyl (C=O) groups is 3. The molecule has 1 N–H and O–H groups in total. The number of esters is 2. The van der Waals surface area contributed by atoms with Crippen LogP contribution >= 0.6 is 0 Å². The maximum atomic E-state index is 12.9. The highest BCUT2D eigenvalue weighted by Crippen LogP contribution is 2.21. The summed E-state index contributed by atoms with van der Waals surface area (Å²) in [6.45, 7) is 12.0. The van der Waals surface area contributed by atoms with Crippen molar-refractivity contribution in [3.05, 3.63) is 12.2 Å². The van der Waals surface area contributed by atoms with Crippen LogP contribution in [0.3, 0.4) is 0 Å². The molecule has 1 amide bonds. The number of nitrogens with one attached hydrogen (secondary N) is 1. The highest BCUT2D eigenvalue weighted by atomic mass is 16.5. The van der Waals surface area contributed by atoms with Gasteiger partial charge in [-0.2, -0.15) is 0 Å². The zero-order valence-corrected chi connectivity index (χ0v) is 36.8. The molecular weight excluding hydrogens is 691 g/mol. The van der Waals surface area contributed by atoms with Crippen molar-refractivity contribution in [2.75, 3.05) is 66.6 Å². The highest BCUT2D eigenvalue weighted by Gasteiger charge is 2.19. The lowest BCUT2D eigenvalue weighted by Gasteiger charge is -2.22. The Morgan fingerprint density at radius 1 is 0.527 bits per heavy atom. The first-order valence-corrected chi connectivity index (χ1v) is 23.1. The SMILES string of the molecule is CCCCC/C=C\CCOC(=O)CCCCCN(CCCCCCCCOC(=O)C(CCCCCC)CCCCCCCC)CCOC(=O)NCCN(C)C. The summed E-state index contributed by atoms with van der Waals surface area (Å²) in [6, 6.07) is 0. The number of ether oxygens (including phenoxy) is 3. The summed E-state index contributed by atoms with van der Waals surface area (Å²) in [7, 11) is 3.95. The molecule has 0 fully saturated rings. The molecule has 55 heavy (non-hydrogen) atoms. The first kappa shape index (κ1) is 52.9. The molecule has 1 atom stereocenters. The second kappa shape index (κ2) is 41.5. The maximum Gasteiger partial charge on any atom is 0.407 e. The Morgan fingerprint density at radius 3 is 1.73 bits per heavy atom. The summed E-state index contributed by atoms with van der Waals surface area (Å²) in [6.07, 6.45) is 33.8. The molecule has 0 aliphatic carbocycles. The minimum absolute atomic E-state index is 0.0385. The van der Waals surface area contributed by atoms with E-state index < -0.39 is 0 Å². The number of likely N-dealkylation sites (N-methyl/N-ethyl adjacent to an activating group) is 1. The van der Waals surface area contributed by atoms with Gasteiger partial charge in [-0.25, -0.2) is 4.79 Å². The van der Waals surface area contributed by atoms with E-state index in [2.05, 4.69) is 43.1 Å². The van der Waals surface area contributed by atoms with Gasteiger partial charge in [-0.05, 0) is 85.0 Å². The molecule has 0 aromatic carbocycles. The molecule has 0 rings (SSSR count). The molecule has 9 heteroatoms. The largest absolute Gasteiger partial charge is 0.465 e. The van der Waals surface area contributed by atoms with E-state index in [-0.39, 0.29) is 23.9 Å². The van der Waals surface area contributed by atoms with Gasteiger partial charge in [-0.1, -0.05) is 142 Å². The Labute approximate surface area is 339 Å². The summed E-state index contributed by atoms with van der Waals surface area (Å²) >= 11 is 0. The van der Waals surface area contributed by atoms with E-state index in [0.29, 0.717) is 39.3 Å². The van der Waals surface area contributed by atoms with Crippen LogP contribution in [0.5, 0.6) is 0 Å². The molecule has 9 nitrogen and oxygen atoms in total. The minimum Gasteiger partial charge on any atom is -0.465 e. The Bertz CT molecular complexity index is 899. The van der Waals surface area contributed by atoms with Crippen LogP contribution in [0.4, 0.5) is 4.79 Å². The first-order valence-electron chi connectivity index (χ1n) is 23.1. The number of rotatable bonds is 41. The van der Waals surface area contributed by atoms with E-state index in [4.69, 9.17) is 14.2 Å². The average molecular weight is 780 g/mol. The Morgan fingerprint density at radius 2 is 1.07 bits per heavy atom. The third kappa shape index (κ3) is 38.5. The molecule has 0 spiro atoms. The summed E-state index contributed by atoms with van der Waals surface area (Å²) in [4.78, 5) is 41.6. The lowest BCUT2D eigenvalue weighted by atomic mass is 9.94. The Balaban J connectivity index is 4.41. The van der Waals surface area contributed by atoms with Crippen molar-refractivity contribution in [2.24, 2.45) is 5.92 Å². The van der Waals surface area contributed by atoms with E-state index in [9.17, 15) is 14.4 Å². The summed E-state index contributed by atoms with van der Waals surface area (Å²) in [5.41, 5.74) is 0. The minimum atomic E-state index is -0.363. The number of hydrogen-bond donors (Lipinski definition) is 1. The smallest absolute Gasteiger partial charge is 0.407 e. The highest BCUT2D eigenvalue weighted by molar-refractivity contribution is 5.72. The molecule has 0 radical (unpaired) electrons. The van der Waals surface area contributed by atoms with Crippen molar-refractivity contribution in [2.45, 2.75) is 194 Å². The van der Waals surface area contributed by atoms with E-state index in [1.807, 2.05) is 19.0 Å². The van der Waals surface area contributed by atoms with Gasteiger partial charge < -0.3 is 24.4 Å². The van der Waals surface area contributed by atoms with E-state index in [1.54, 1.807) is 0 Å². The van der Waals surface area contributed by atoms with Gasteiger partial charge in [0.2, 0.25) is 0 Å². The fraction of sp³-hybridized carbons (Fsp3) is 0.891. The fourth-order valence-electron chi connectivity index (χ4n) is 6.68. The van der Waals surface area contributed by atoms with Crippen LogP contribution in [0.2, 0.25) is 0 Å².